The third-order valence-corrected chi connectivity index (χ3v) is 3.20. The molecule has 0 unspecified atom stereocenters. The van der Waals surface area contributed by atoms with Gasteiger partial charge in [0.1, 0.15) is 27.9 Å². The molecule has 20 heavy (non-hydrogen) atoms. The summed E-state index contributed by atoms with van der Waals surface area (Å²) in [6.07, 6.45) is 0. The number of hydrogen-bond acceptors (Lipinski definition) is 3. The maximum Gasteiger partial charge on any atom is 0.340 e. The smallest absolute Gasteiger partial charge is 0.340 e. The van der Waals surface area contributed by atoms with Gasteiger partial charge in [-0.25, -0.2) is 13.9 Å². The average Bonchev–Trinajstić information content (AvgIpc) is 2.67. The number of halogens is 3. The highest BCUT2D eigenvalue weighted by atomic mass is 35.5. The van der Waals surface area contributed by atoms with Gasteiger partial charge in [-0.3, -0.25) is 0 Å². The molecule has 0 saturated heterocycles. The molecule has 8 heteroatoms. The van der Waals surface area contributed by atoms with E-state index in [1.807, 2.05) is 0 Å². The predicted molar refractivity (Wildman–Crippen MR) is 71.2 cm³/mol. The number of carboxylic acids is 1. The highest BCUT2D eigenvalue weighted by Crippen LogP contribution is 2.29. The number of aromatic nitrogens is 2. The van der Waals surface area contributed by atoms with Gasteiger partial charge in [0, 0.05) is 7.11 Å². The average molecular weight is 319 g/mol. The van der Waals surface area contributed by atoms with Gasteiger partial charge in [0.2, 0.25) is 0 Å². The van der Waals surface area contributed by atoms with Gasteiger partial charge in [-0.15, -0.1) is 0 Å². The Morgan fingerprint density at radius 3 is 2.75 bits per heavy atom. The fraction of sp³-hybridized carbons (Fsp3) is 0.167. The molecular formula is C12H9Cl2FN2O3. The second-order valence-electron chi connectivity index (χ2n) is 3.83. The van der Waals surface area contributed by atoms with Crippen molar-refractivity contribution < 1.29 is 19.0 Å². The Bertz CT molecular complexity index is 653. The molecule has 0 saturated carbocycles. The maximum absolute atomic E-state index is 13.9. The standard InChI is InChI=1S/C12H9Cl2FN2O3/c1-20-5-8-9(12(18)19)11(14)17(16-8)10-6(13)3-2-4-7(10)15/h2-4H,5H2,1H3,(H,18,19). The number of methoxy groups -OCH3 is 1. The summed E-state index contributed by atoms with van der Waals surface area (Å²) >= 11 is 11.9. The van der Waals surface area contributed by atoms with Crippen molar-refractivity contribution >= 4 is 29.2 Å². The molecular weight excluding hydrogens is 310 g/mol. The van der Waals surface area contributed by atoms with Crippen LogP contribution in [0.4, 0.5) is 4.39 Å². The Hall–Kier alpha value is -1.63. The first kappa shape index (κ1) is 14.8. The van der Waals surface area contributed by atoms with E-state index in [0.717, 1.165) is 4.68 Å². The molecule has 1 heterocycles. The second kappa shape index (κ2) is 5.78. The number of carboxylic acid groups (broad SMARTS) is 1. The number of para-hydroxylation sites is 1. The Labute approximate surface area is 123 Å². The van der Waals surface area contributed by atoms with Crippen LogP contribution in [0, 0.1) is 5.82 Å². The van der Waals surface area contributed by atoms with Crippen molar-refractivity contribution in [3.63, 3.8) is 0 Å². The molecule has 1 aromatic heterocycles. The van der Waals surface area contributed by atoms with Gasteiger partial charge < -0.3 is 9.84 Å². The number of carbonyl (C=O) groups is 1. The lowest BCUT2D eigenvalue weighted by Crippen LogP contribution is -2.02. The molecule has 0 radical (unpaired) electrons. The number of rotatable bonds is 4. The molecule has 1 aromatic carbocycles. The van der Waals surface area contributed by atoms with Crippen molar-refractivity contribution in [2.24, 2.45) is 0 Å². The molecule has 0 aliphatic rings. The van der Waals surface area contributed by atoms with Gasteiger partial charge in [0.15, 0.2) is 0 Å². The number of nitrogens with zero attached hydrogens (tertiary/aromatic N) is 2. The van der Waals surface area contributed by atoms with Crippen LogP contribution in [-0.2, 0) is 11.3 Å². The van der Waals surface area contributed by atoms with Crippen LogP contribution in [-0.4, -0.2) is 28.0 Å². The third-order valence-electron chi connectivity index (χ3n) is 2.55. The van der Waals surface area contributed by atoms with Crippen LogP contribution in [0.2, 0.25) is 10.2 Å². The molecule has 0 amide bonds. The zero-order valence-electron chi connectivity index (χ0n) is 10.2. The molecule has 5 nitrogen and oxygen atoms in total. The first-order valence-electron chi connectivity index (χ1n) is 5.41. The molecule has 0 spiro atoms. The van der Waals surface area contributed by atoms with Crippen LogP contribution in [0.3, 0.4) is 0 Å². The van der Waals surface area contributed by atoms with Gasteiger partial charge >= 0.3 is 5.97 Å². The van der Waals surface area contributed by atoms with Crippen LogP contribution >= 0.6 is 23.2 Å². The Balaban J connectivity index is 2.70. The highest BCUT2D eigenvalue weighted by Gasteiger charge is 2.25. The zero-order valence-corrected chi connectivity index (χ0v) is 11.7. The monoisotopic (exact) mass is 318 g/mol. The van der Waals surface area contributed by atoms with Crippen LogP contribution in [0.15, 0.2) is 18.2 Å². The van der Waals surface area contributed by atoms with E-state index >= 15 is 0 Å². The molecule has 0 fully saturated rings. The molecule has 2 rings (SSSR count). The summed E-state index contributed by atoms with van der Waals surface area (Å²) in [6, 6.07) is 4.05. The van der Waals surface area contributed by atoms with E-state index in [-0.39, 0.29) is 33.7 Å². The van der Waals surface area contributed by atoms with Gasteiger partial charge in [-0.05, 0) is 12.1 Å². The van der Waals surface area contributed by atoms with E-state index in [9.17, 15) is 9.18 Å². The first-order chi connectivity index (χ1) is 9.47. The van der Waals surface area contributed by atoms with Crippen LogP contribution in [0.1, 0.15) is 16.1 Å². The minimum atomic E-state index is -1.28. The van der Waals surface area contributed by atoms with Crippen LogP contribution in [0.25, 0.3) is 5.69 Å². The summed E-state index contributed by atoms with van der Waals surface area (Å²) < 4.78 is 19.7. The summed E-state index contributed by atoms with van der Waals surface area (Å²) in [4.78, 5) is 11.2. The van der Waals surface area contributed by atoms with Gasteiger partial charge in [-0.1, -0.05) is 29.3 Å². The van der Waals surface area contributed by atoms with Crippen molar-refractivity contribution in [2.75, 3.05) is 7.11 Å². The van der Waals surface area contributed by atoms with Crippen molar-refractivity contribution in [3.8, 4) is 5.69 Å². The molecule has 0 aliphatic carbocycles. The number of aromatic carboxylic acids is 1. The van der Waals surface area contributed by atoms with E-state index in [1.165, 1.54) is 25.3 Å². The van der Waals surface area contributed by atoms with Gasteiger partial charge in [0.25, 0.3) is 0 Å². The fourth-order valence-corrected chi connectivity index (χ4v) is 2.28. The van der Waals surface area contributed by atoms with Crippen molar-refractivity contribution in [1.82, 2.24) is 9.78 Å². The van der Waals surface area contributed by atoms with E-state index < -0.39 is 11.8 Å². The number of ether oxygens (including phenoxy) is 1. The minimum absolute atomic E-state index is 0.0651. The van der Waals surface area contributed by atoms with Crippen molar-refractivity contribution in [2.45, 2.75) is 6.61 Å². The third kappa shape index (κ3) is 2.49. The Morgan fingerprint density at radius 2 is 2.20 bits per heavy atom. The number of hydrogen-bond donors (Lipinski definition) is 1. The summed E-state index contributed by atoms with van der Waals surface area (Å²) in [5.41, 5.74) is -0.263. The highest BCUT2D eigenvalue weighted by molar-refractivity contribution is 6.34. The maximum atomic E-state index is 13.9. The lowest BCUT2D eigenvalue weighted by atomic mass is 10.2. The van der Waals surface area contributed by atoms with E-state index in [2.05, 4.69) is 5.10 Å². The molecule has 2 aromatic rings. The molecule has 1 N–H and O–H groups in total. The van der Waals surface area contributed by atoms with Crippen LogP contribution in [0.5, 0.6) is 0 Å². The van der Waals surface area contributed by atoms with E-state index in [4.69, 9.17) is 33.0 Å². The summed E-state index contributed by atoms with van der Waals surface area (Å²) in [5, 5.41) is 12.9. The largest absolute Gasteiger partial charge is 0.478 e. The normalized spacial score (nSPS) is 10.8. The predicted octanol–water partition coefficient (Wildman–Crippen LogP) is 3.16. The van der Waals surface area contributed by atoms with Gasteiger partial charge in [0.05, 0.1) is 11.6 Å². The van der Waals surface area contributed by atoms with Crippen molar-refractivity contribution in [1.29, 1.82) is 0 Å². The van der Waals surface area contributed by atoms with Gasteiger partial charge in [-0.2, -0.15) is 5.10 Å². The minimum Gasteiger partial charge on any atom is -0.478 e. The summed E-state index contributed by atoms with van der Waals surface area (Å²) in [5.74, 6) is -1.94. The molecule has 106 valence electrons. The quantitative estimate of drug-likeness (QED) is 0.940. The first-order valence-corrected chi connectivity index (χ1v) is 6.17. The van der Waals surface area contributed by atoms with Crippen LogP contribution < -0.4 is 0 Å². The second-order valence-corrected chi connectivity index (χ2v) is 4.60. The number of benzene rings is 1. The topological polar surface area (TPSA) is 64.4 Å². The summed E-state index contributed by atoms with van der Waals surface area (Å²) in [7, 11) is 1.38. The Kier molecular flexibility index (Phi) is 4.27. The SMILES string of the molecule is COCc1nn(-c2c(F)cccc2Cl)c(Cl)c1C(=O)O. The molecule has 0 aliphatic heterocycles. The van der Waals surface area contributed by atoms with E-state index in [0.29, 0.717) is 0 Å². The zero-order chi connectivity index (χ0) is 14.9. The lowest BCUT2D eigenvalue weighted by molar-refractivity contribution is 0.0692. The Morgan fingerprint density at radius 1 is 1.50 bits per heavy atom. The fourth-order valence-electron chi connectivity index (χ4n) is 1.73. The summed E-state index contributed by atoms with van der Waals surface area (Å²) in [6.45, 7) is -0.0690. The lowest BCUT2D eigenvalue weighted by Gasteiger charge is -2.06. The molecule has 0 bridgehead atoms. The molecule has 0 atom stereocenters. The van der Waals surface area contributed by atoms with Crippen molar-refractivity contribution in [3.05, 3.63) is 45.4 Å². The van der Waals surface area contributed by atoms with E-state index in [1.54, 1.807) is 0 Å².